The number of benzene rings is 2. The number of nitrogens with two attached hydrogens (primary N) is 2. The summed E-state index contributed by atoms with van der Waals surface area (Å²) >= 11 is 0. The summed E-state index contributed by atoms with van der Waals surface area (Å²) in [6.45, 7) is 1.82. The van der Waals surface area contributed by atoms with Crippen molar-refractivity contribution in [3.05, 3.63) is 65.2 Å². The topological polar surface area (TPSA) is 99.9 Å². The molecule has 2 aromatic rings. The van der Waals surface area contributed by atoms with Crippen LogP contribution < -0.4 is 16.2 Å². The van der Waals surface area contributed by atoms with E-state index >= 15 is 0 Å². The molecule has 2 aromatic carbocycles. The van der Waals surface area contributed by atoms with E-state index in [9.17, 15) is 4.79 Å². The van der Waals surface area contributed by atoms with Gasteiger partial charge in [0.05, 0.1) is 7.11 Å². The highest BCUT2D eigenvalue weighted by Crippen LogP contribution is 2.15. The lowest BCUT2D eigenvalue weighted by molar-refractivity contribution is -0.137. The van der Waals surface area contributed by atoms with Crippen LogP contribution in [0.2, 0.25) is 0 Å². The minimum absolute atomic E-state index is 0.0889. The number of nitrogen functional groups attached to an aromatic ring is 1. The average molecular weight is 325 g/mol. The first-order chi connectivity index (χ1) is 11.5. The van der Waals surface area contributed by atoms with Gasteiger partial charge in [0.15, 0.2) is 5.84 Å². The molecule has 0 amide bonds. The van der Waals surface area contributed by atoms with Crippen molar-refractivity contribution >= 4 is 23.6 Å². The maximum Gasteiger partial charge on any atom is 0.358 e. The van der Waals surface area contributed by atoms with Crippen molar-refractivity contribution in [2.75, 3.05) is 12.8 Å². The quantitative estimate of drug-likeness (QED) is 0.220. The number of rotatable bonds is 5. The van der Waals surface area contributed by atoms with E-state index in [0.717, 1.165) is 16.9 Å². The van der Waals surface area contributed by atoms with E-state index in [-0.39, 0.29) is 5.84 Å². The maximum atomic E-state index is 11.7. The number of oxime groups is 1. The van der Waals surface area contributed by atoms with Crippen molar-refractivity contribution in [3.8, 4) is 5.75 Å². The van der Waals surface area contributed by atoms with Gasteiger partial charge in [0, 0.05) is 17.3 Å². The van der Waals surface area contributed by atoms with E-state index in [1.807, 2.05) is 19.1 Å². The molecule has 0 aliphatic carbocycles. The van der Waals surface area contributed by atoms with Crippen LogP contribution in [0.1, 0.15) is 16.7 Å². The fourth-order valence-corrected chi connectivity index (χ4v) is 1.98. The molecule has 0 radical (unpaired) electrons. The van der Waals surface area contributed by atoms with E-state index in [0.29, 0.717) is 11.3 Å². The molecule has 0 spiro atoms. The molecule has 0 bridgehead atoms. The summed E-state index contributed by atoms with van der Waals surface area (Å²) in [5, 5.41) is 3.65. The van der Waals surface area contributed by atoms with Crippen molar-refractivity contribution in [3.63, 3.8) is 0 Å². The summed E-state index contributed by atoms with van der Waals surface area (Å²) in [5.74, 6) is 0.200. The number of amidine groups is 1. The monoisotopic (exact) mass is 325 g/mol. The Kier molecular flexibility index (Phi) is 5.57. The Morgan fingerprint density at radius 1 is 1.17 bits per heavy atom. The zero-order valence-electron chi connectivity index (χ0n) is 13.5. The summed E-state index contributed by atoms with van der Waals surface area (Å²) in [6.07, 6.45) is 2.88. The van der Waals surface area contributed by atoms with E-state index < -0.39 is 5.97 Å². The first kappa shape index (κ1) is 17.1. The number of hydrogen-bond acceptors (Lipinski definition) is 5. The number of anilines is 1. The molecule has 0 fully saturated rings. The highest BCUT2D eigenvalue weighted by molar-refractivity contribution is 6.00. The van der Waals surface area contributed by atoms with Gasteiger partial charge >= 0.3 is 5.97 Å². The minimum atomic E-state index is -0.629. The van der Waals surface area contributed by atoms with Crippen molar-refractivity contribution in [2.24, 2.45) is 10.9 Å². The minimum Gasteiger partial charge on any atom is -0.497 e. The first-order valence-corrected chi connectivity index (χ1v) is 7.23. The van der Waals surface area contributed by atoms with Gasteiger partial charge in [-0.1, -0.05) is 29.4 Å². The van der Waals surface area contributed by atoms with Gasteiger partial charge in [-0.05, 0) is 42.3 Å². The van der Waals surface area contributed by atoms with Crippen LogP contribution >= 0.6 is 0 Å². The third-order valence-corrected chi connectivity index (χ3v) is 3.41. The summed E-state index contributed by atoms with van der Waals surface area (Å²) in [7, 11) is 1.59. The van der Waals surface area contributed by atoms with Crippen LogP contribution in [0, 0.1) is 6.92 Å². The SMILES string of the molecule is COc1ccc(/C=C/C(=O)O/N=C(\N)c2cccc(N)c2C)cc1. The fraction of sp³-hybridized carbons (Fsp3) is 0.111. The maximum absolute atomic E-state index is 11.7. The normalized spacial score (nSPS) is 11.5. The molecule has 0 heterocycles. The zero-order chi connectivity index (χ0) is 17.5. The number of methoxy groups -OCH3 is 1. The molecular formula is C18H19N3O3. The average Bonchev–Trinajstić information content (AvgIpc) is 2.60. The van der Waals surface area contributed by atoms with Gasteiger partial charge in [-0.3, -0.25) is 0 Å². The lowest BCUT2D eigenvalue weighted by Gasteiger charge is -2.06. The molecular weight excluding hydrogens is 306 g/mol. The third kappa shape index (κ3) is 4.36. The number of hydrogen-bond donors (Lipinski definition) is 2. The van der Waals surface area contributed by atoms with Gasteiger partial charge in [-0.2, -0.15) is 0 Å². The molecule has 0 saturated heterocycles. The van der Waals surface area contributed by atoms with Crippen molar-refractivity contribution in [1.29, 1.82) is 0 Å². The largest absolute Gasteiger partial charge is 0.497 e. The molecule has 124 valence electrons. The Morgan fingerprint density at radius 3 is 2.54 bits per heavy atom. The molecule has 4 N–H and O–H groups in total. The number of carbonyl (C=O) groups excluding carboxylic acids is 1. The summed E-state index contributed by atoms with van der Waals surface area (Å²) in [6, 6.07) is 12.5. The summed E-state index contributed by atoms with van der Waals surface area (Å²) in [5.41, 5.74) is 14.5. The van der Waals surface area contributed by atoms with Crippen LogP contribution in [0.25, 0.3) is 6.08 Å². The van der Waals surface area contributed by atoms with Gasteiger partial charge < -0.3 is 21.0 Å². The van der Waals surface area contributed by atoms with E-state index in [1.165, 1.54) is 6.08 Å². The van der Waals surface area contributed by atoms with Crippen LogP contribution in [0.3, 0.4) is 0 Å². The standard InChI is InChI=1S/C18H19N3O3/c1-12-15(4-3-5-16(12)19)18(20)21-24-17(22)11-8-13-6-9-14(23-2)10-7-13/h3-11H,19H2,1-2H3,(H2,20,21)/b11-8+. The van der Waals surface area contributed by atoms with Crippen molar-refractivity contribution < 1.29 is 14.4 Å². The van der Waals surface area contributed by atoms with Crippen LogP contribution in [0.4, 0.5) is 5.69 Å². The number of ether oxygens (including phenoxy) is 1. The highest BCUT2D eigenvalue weighted by atomic mass is 16.7. The predicted molar refractivity (Wildman–Crippen MR) is 94.4 cm³/mol. The number of nitrogens with zero attached hydrogens (tertiary/aromatic N) is 1. The second-order valence-electron chi connectivity index (χ2n) is 5.01. The molecule has 2 rings (SSSR count). The summed E-state index contributed by atoms with van der Waals surface area (Å²) in [4.78, 5) is 16.5. The Bertz CT molecular complexity index is 781. The van der Waals surface area contributed by atoms with Crippen molar-refractivity contribution in [1.82, 2.24) is 0 Å². The Labute approximate surface area is 140 Å². The smallest absolute Gasteiger partial charge is 0.358 e. The van der Waals surface area contributed by atoms with Crippen LogP contribution in [-0.2, 0) is 9.63 Å². The summed E-state index contributed by atoms with van der Waals surface area (Å²) < 4.78 is 5.06. The third-order valence-electron chi connectivity index (χ3n) is 3.41. The first-order valence-electron chi connectivity index (χ1n) is 7.23. The number of carbonyl (C=O) groups is 1. The predicted octanol–water partition coefficient (Wildman–Crippen LogP) is 2.46. The van der Waals surface area contributed by atoms with E-state index in [4.69, 9.17) is 21.0 Å². The Balaban J connectivity index is 2.01. The van der Waals surface area contributed by atoms with Crippen molar-refractivity contribution in [2.45, 2.75) is 6.92 Å². The molecule has 0 atom stereocenters. The van der Waals surface area contributed by atoms with Crippen LogP contribution in [0.15, 0.2) is 53.7 Å². The van der Waals surface area contributed by atoms with Crippen LogP contribution in [0.5, 0.6) is 5.75 Å². The van der Waals surface area contributed by atoms with E-state index in [2.05, 4.69) is 5.16 Å². The molecule has 0 aromatic heterocycles. The lowest BCUT2D eigenvalue weighted by Crippen LogP contribution is -2.16. The van der Waals surface area contributed by atoms with Gasteiger partial charge in [0.1, 0.15) is 5.75 Å². The van der Waals surface area contributed by atoms with Gasteiger partial charge in [0.25, 0.3) is 0 Å². The molecule has 24 heavy (non-hydrogen) atoms. The highest BCUT2D eigenvalue weighted by Gasteiger charge is 2.06. The molecule has 6 heteroatoms. The second-order valence-corrected chi connectivity index (χ2v) is 5.01. The van der Waals surface area contributed by atoms with Gasteiger partial charge in [0.2, 0.25) is 0 Å². The second kappa shape index (κ2) is 7.82. The molecule has 0 aliphatic rings. The Hall–Kier alpha value is -3.28. The van der Waals surface area contributed by atoms with Crippen LogP contribution in [-0.4, -0.2) is 18.9 Å². The lowest BCUT2D eigenvalue weighted by atomic mass is 10.1. The van der Waals surface area contributed by atoms with Gasteiger partial charge in [-0.15, -0.1) is 0 Å². The zero-order valence-corrected chi connectivity index (χ0v) is 13.5. The molecule has 0 unspecified atom stereocenters. The Morgan fingerprint density at radius 2 is 1.88 bits per heavy atom. The molecule has 0 saturated carbocycles. The molecule has 0 aliphatic heterocycles. The molecule has 6 nitrogen and oxygen atoms in total. The van der Waals surface area contributed by atoms with Gasteiger partial charge in [-0.25, -0.2) is 4.79 Å². The fourth-order valence-electron chi connectivity index (χ4n) is 1.98. The van der Waals surface area contributed by atoms with E-state index in [1.54, 1.807) is 43.5 Å².